The summed E-state index contributed by atoms with van der Waals surface area (Å²) in [5, 5.41) is 0. The molecule has 0 fully saturated rings. The molecule has 1 aromatic heterocycles. The summed E-state index contributed by atoms with van der Waals surface area (Å²) >= 11 is 0. The zero-order chi connectivity index (χ0) is 20.8. The first kappa shape index (κ1) is 21.1. The molecule has 0 atom stereocenters. The van der Waals surface area contributed by atoms with Gasteiger partial charge in [0.15, 0.2) is 6.61 Å². The van der Waals surface area contributed by atoms with Crippen LogP contribution in [-0.4, -0.2) is 42.5 Å². The Labute approximate surface area is 159 Å². The fourth-order valence-electron chi connectivity index (χ4n) is 2.70. The fourth-order valence-corrected chi connectivity index (χ4v) is 2.70. The zero-order valence-electron chi connectivity index (χ0n) is 15.5. The summed E-state index contributed by atoms with van der Waals surface area (Å²) < 4.78 is 39.1. The molecule has 0 radical (unpaired) electrons. The van der Waals surface area contributed by atoms with Gasteiger partial charge in [-0.15, -0.1) is 0 Å². The van der Waals surface area contributed by atoms with Crippen LogP contribution < -0.4 is 4.74 Å². The van der Waals surface area contributed by atoms with Crippen LogP contribution in [0.3, 0.4) is 0 Å². The van der Waals surface area contributed by atoms with Crippen LogP contribution in [0.4, 0.5) is 8.78 Å². The van der Waals surface area contributed by atoms with E-state index >= 15 is 0 Å². The second kappa shape index (κ2) is 9.12. The molecule has 0 saturated heterocycles. The number of rotatable bonds is 8. The molecule has 1 heterocycles. The van der Waals surface area contributed by atoms with E-state index in [0.29, 0.717) is 11.4 Å². The Hall–Kier alpha value is -3.23. The van der Waals surface area contributed by atoms with Gasteiger partial charge in [0.2, 0.25) is 5.78 Å². The van der Waals surface area contributed by atoms with Crippen LogP contribution in [0.5, 0.6) is 5.75 Å². The van der Waals surface area contributed by atoms with Gasteiger partial charge in [0.1, 0.15) is 11.3 Å². The van der Waals surface area contributed by atoms with Gasteiger partial charge < -0.3 is 19.2 Å². The molecule has 0 saturated carbocycles. The second-order valence-corrected chi connectivity index (χ2v) is 5.72. The van der Waals surface area contributed by atoms with E-state index in [9.17, 15) is 23.2 Å². The number of benzene rings is 1. The van der Waals surface area contributed by atoms with Gasteiger partial charge in [0.05, 0.1) is 17.7 Å². The molecule has 28 heavy (non-hydrogen) atoms. The van der Waals surface area contributed by atoms with Crippen molar-refractivity contribution in [3.05, 3.63) is 52.3 Å². The fraction of sp³-hybridized carbons (Fsp3) is 0.316. The minimum atomic E-state index is -3.12. The number of ketones is 1. The number of H-pyrrole nitrogens is 1. The molecule has 9 heteroatoms. The normalized spacial score (nSPS) is 10.6. The van der Waals surface area contributed by atoms with Crippen molar-refractivity contribution in [2.75, 3.05) is 13.2 Å². The molecule has 1 N–H and O–H groups in total. The Kier molecular flexibility index (Phi) is 6.86. The molecule has 0 aliphatic carbocycles. The molecular weight excluding hydrogens is 376 g/mol. The maximum absolute atomic E-state index is 12.6. The van der Waals surface area contributed by atoms with Crippen LogP contribution in [0.1, 0.15) is 49.4 Å². The summed E-state index contributed by atoms with van der Waals surface area (Å²) in [7, 11) is 0. The van der Waals surface area contributed by atoms with Gasteiger partial charge in [0, 0.05) is 11.4 Å². The van der Waals surface area contributed by atoms with E-state index in [2.05, 4.69) is 9.72 Å². The van der Waals surface area contributed by atoms with Crippen molar-refractivity contribution in [2.24, 2.45) is 0 Å². The molecule has 150 valence electrons. The van der Waals surface area contributed by atoms with Gasteiger partial charge >= 0.3 is 18.6 Å². The monoisotopic (exact) mass is 395 g/mol. The first-order chi connectivity index (χ1) is 13.3. The molecule has 0 unspecified atom stereocenters. The van der Waals surface area contributed by atoms with Crippen LogP contribution in [0.2, 0.25) is 0 Å². The lowest BCUT2D eigenvalue weighted by molar-refractivity contribution is -0.0504. The number of carbonyl (C=O) groups is 3. The Morgan fingerprint density at radius 3 is 2.29 bits per heavy atom. The molecule has 0 spiro atoms. The smallest absolute Gasteiger partial charge is 0.387 e. The third-order valence-electron chi connectivity index (χ3n) is 3.79. The van der Waals surface area contributed by atoms with Crippen molar-refractivity contribution >= 4 is 17.7 Å². The lowest BCUT2D eigenvalue weighted by atomic mass is 10.1. The summed E-state index contributed by atoms with van der Waals surface area (Å²) in [4.78, 5) is 39.7. The lowest BCUT2D eigenvalue weighted by Crippen LogP contribution is -2.19. The standard InChI is InChI=1S/C19H19F2NO6/c1-4-26-18(25)16-11(3)22-10(2)15(16)13(23)9-27-17(24)12-7-5-6-8-14(12)28-19(20)21/h5-8,19,22H,4,9H2,1-3H3. The van der Waals surface area contributed by atoms with E-state index in [1.165, 1.54) is 24.3 Å². The molecule has 7 nitrogen and oxygen atoms in total. The maximum atomic E-state index is 12.6. The van der Waals surface area contributed by atoms with Gasteiger partial charge in [-0.3, -0.25) is 4.79 Å². The minimum Gasteiger partial charge on any atom is -0.462 e. The highest BCUT2D eigenvalue weighted by molar-refractivity contribution is 6.09. The number of aromatic nitrogens is 1. The number of carbonyl (C=O) groups excluding carboxylic acids is 3. The summed E-state index contributed by atoms with van der Waals surface area (Å²) in [6.45, 7) is 1.16. The minimum absolute atomic E-state index is 0.0564. The number of Topliss-reactive ketones (excluding diaryl/α,β-unsaturated/α-hetero) is 1. The van der Waals surface area contributed by atoms with E-state index in [-0.39, 0.29) is 29.0 Å². The number of aromatic amines is 1. The number of hydrogen-bond donors (Lipinski definition) is 1. The van der Waals surface area contributed by atoms with Crippen molar-refractivity contribution in [3.63, 3.8) is 0 Å². The number of esters is 2. The SMILES string of the molecule is CCOC(=O)c1c(C)[nH]c(C)c1C(=O)COC(=O)c1ccccc1OC(F)F. The molecule has 0 amide bonds. The van der Waals surface area contributed by atoms with Crippen LogP contribution in [0, 0.1) is 13.8 Å². The highest BCUT2D eigenvalue weighted by Gasteiger charge is 2.26. The Morgan fingerprint density at radius 2 is 1.64 bits per heavy atom. The Bertz CT molecular complexity index is 891. The summed E-state index contributed by atoms with van der Waals surface area (Å²) in [5.41, 5.74) is 0.746. The number of hydrogen-bond acceptors (Lipinski definition) is 6. The number of nitrogens with one attached hydrogen (secondary N) is 1. The van der Waals surface area contributed by atoms with E-state index < -0.39 is 30.9 Å². The van der Waals surface area contributed by atoms with Crippen molar-refractivity contribution in [1.82, 2.24) is 4.98 Å². The second-order valence-electron chi connectivity index (χ2n) is 5.72. The molecule has 1 aromatic carbocycles. The predicted octanol–water partition coefficient (Wildman–Crippen LogP) is 3.45. The summed E-state index contributed by atoms with van der Waals surface area (Å²) in [6.07, 6.45) is 0. The quantitative estimate of drug-likeness (QED) is 0.543. The number of halogens is 2. The van der Waals surface area contributed by atoms with E-state index in [1.807, 2.05) is 0 Å². The highest BCUT2D eigenvalue weighted by atomic mass is 19.3. The number of ether oxygens (including phenoxy) is 3. The summed E-state index contributed by atoms with van der Waals surface area (Å²) in [6, 6.07) is 5.27. The predicted molar refractivity (Wildman–Crippen MR) is 93.9 cm³/mol. The third-order valence-corrected chi connectivity index (χ3v) is 3.79. The third kappa shape index (κ3) is 4.73. The Morgan fingerprint density at radius 1 is 1.00 bits per heavy atom. The van der Waals surface area contributed by atoms with Crippen LogP contribution >= 0.6 is 0 Å². The molecule has 0 bridgehead atoms. The zero-order valence-corrected chi connectivity index (χ0v) is 15.5. The lowest BCUT2D eigenvalue weighted by Gasteiger charge is -2.10. The topological polar surface area (TPSA) is 94.7 Å². The van der Waals surface area contributed by atoms with Crippen LogP contribution in [0.25, 0.3) is 0 Å². The average molecular weight is 395 g/mol. The molecule has 2 aromatic rings. The van der Waals surface area contributed by atoms with Gasteiger partial charge in [-0.25, -0.2) is 9.59 Å². The van der Waals surface area contributed by atoms with Gasteiger partial charge in [-0.05, 0) is 32.9 Å². The Balaban J connectivity index is 2.18. The summed E-state index contributed by atoms with van der Waals surface area (Å²) in [5.74, 6) is -2.68. The number of para-hydroxylation sites is 1. The van der Waals surface area contributed by atoms with Gasteiger partial charge in [-0.1, -0.05) is 12.1 Å². The highest BCUT2D eigenvalue weighted by Crippen LogP contribution is 2.23. The van der Waals surface area contributed by atoms with Crippen molar-refractivity contribution in [2.45, 2.75) is 27.4 Å². The van der Waals surface area contributed by atoms with Crippen molar-refractivity contribution in [1.29, 1.82) is 0 Å². The first-order valence-electron chi connectivity index (χ1n) is 8.36. The first-order valence-corrected chi connectivity index (χ1v) is 8.36. The molecule has 2 rings (SSSR count). The van der Waals surface area contributed by atoms with Crippen molar-refractivity contribution in [3.8, 4) is 5.75 Å². The van der Waals surface area contributed by atoms with Gasteiger partial charge in [-0.2, -0.15) is 8.78 Å². The van der Waals surface area contributed by atoms with Crippen LogP contribution in [-0.2, 0) is 9.47 Å². The largest absolute Gasteiger partial charge is 0.462 e. The molecule has 0 aliphatic rings. The maximum Gasteiger partial charge on any atom is 0.387 e. The van der Waals surface area contributed by atoms with E-state index in [0.717, 1.165) is 0 Å². The molecule has 0 aliphatic heterocycles. The van der Waals surface area contributed by atoms with Crippen molar-refractivity contribution < 1.29 is 37.4 Å². The number of alkyl halides is 2. The van der Waals surface area contributed by atoms with E-state index in [1.54, 1.807) is 20.8 Å². The van der Waals surface area contributed by atoms with E-state index in [4.69, 9.17) is 9.47 Å². The van der Waals surface area contributed by atoms with Gasteiger partial charge in [0.25, 0.3) is 0 Å². The average Bonchev–Trinajstić information content (AvgIpc) is 2.93. The number of aryl methyl sites for hydroxylation is 2. The molecular formula is C19H19F2NO6. The van der Waals surface area contributed by atoms with Crippen LogP contribution in [0.15, 0.2) is 24.3 Å².